The molecule has 1 amide bonds. The summed E-state index contributed by atoms with van der Waals surface area (Å²) in [5, 5.41) is 0. The van der Waals surface area contributed by atoms with Crippen molar-refractivity contribution in [1.82, 2.24) is 4.90 Å². The van der Waals surface area contributed by atoms with Crippen LogP contribution in [0.4, 0.5) is 0 Å². The summed E-state index contributed by atoms with van der Waals surface area (Å²) in [5.41, 5.74) is 0. The van der Waals surface area contributed by atoms with Crippen LogP contribution in [0.3, 0.4) is 0 Å². The first kappa shape index (κ1) is 9.23. The number of ketones is 1. The molecule has 0 aromatic rings. The van der Waals surface area contributed by atoms with Crippen LogP contribution in [0, 0.1) is 5.92 Å². The summed E-state index contributed by atoms with van der Waals surface area (Å²) in [6.45, 7) is 5.55. The summed E-state index contributed by atoms with van der Waals surface area (Å²) < 4.78 is 0. The van der Waals surface area contributed by atoms with Gasteiger partial charge >= 0.3 is 0 Å². The zero-order valence-corrected chi connectivity index (χ0v) is 7.67. The van der Waals surface area contributed by atoms with Crippen LogP contribution in [0.25, 0.3) is 0 Å². The van der Waals surface area contributed by atoms with Crippen LogP contribution in [0.2, 0.25) is 0 Å². The molecule has 0 spiro atoms. The van der Waals surface area contributed by atoms with Crippen LogP contribution in [0.15, 0.2) is 0 Å². The molecule has 1 atom stereocenters. The van der Waals surface area contributed by atoms with E-state index in [0.717, 1.165) is 13.0 Å². The molecule has 68 valence electrons. The van der Waals surface area contributed by atoms with E-state index in [4.69, 9.17) is 0 Å². The van der Waals surface area contributed by atoms with Crippen molar-refractivity contribution in [2.45, 2.75) is 26.7 Å². The molecule has 1 heterocycles. The quantitative estimate of drug-likeness (QED) is 0.587. The summed E-state index contributed by atoms with van der Waals surface area (Å²) in [6, 6.07) is 0. The van der Waals surface area contributed by atoms with Crippen molar-refractivity contribution in [3.05, 3.63) is 0 Å². The Kier molecular flexibility index (Phi) is 2.84. The van der Waals surface area contributed by atoms with Crippen molar-refractivity contribution in [3.63, 3.8) is 0 Å². The van der Waals surface area contributed by atoms with E-state index < -0.39 is 0 Å². The van der Waals surface area contributed by atoms with Gasteiger partial charge in [-0.05, 0) is 5.92 Å². The van der Waals surface area contributed by atoms with Gasteiger partial charge in [-0.15, -0.1) is 0 Å². The van der Waals surface area contributed by atoms with E-state index >= 15 is 0 Å². The molecular weight excluding hydrogens is 154 g/mol. The second-order valence-electron chi connectivity index (χ2n) is 3.44. The van der Waals surface area contributed by atoms with Crippen molar-refractivity contribution in [3.8, 4) is 0 Å². The van der Waals surface area contributed by atoms with Gasteiger partial charge < -0.3 is 4.90 Å². The van der Waals surface area contributed by atoms with Crippen LogP contribution in [-0.2, 0) is 9.59 Å². The van der Waals surface area contributed by atoms with E-state index in [9.17, 15) is 9.59 Å². The average Bonchev–Trinajstić information content (AvgIpc) is 2.36. The minimum absolute atomic E-state index is 0.224. The molecule has 12 heavy (non-hydrogen) atoms. The fraction of sp³-hybridized carbons (Fsp3) is 0.778. The Bertz CT molecular complexity index is 201. The molecule has 0 N–H and O–H groups in total. The molecule has 1 rings (SSSR count). The molecule has 0 aliphatic carbocycles. The Morgan fingerprint density at radius 2 is 2.17 bits per heavy atom. The van der Waals surface area contributed by atoms with Crippen molar-refractivity contribution in [2.24, 2.45) is 5.92 Å². The number of likely N-dealkylation sites (tertiary alicyclic amines) is 1. The van der Waals surface area contributed by atoms with E-state index in [0.29, 0.717) is 18.9 Å². The maximum Gasteiger partial charge on any atom is 0.290 e. The van der Waals surface area contributed by atoms with Crippen LogP contribution >= 0.6 is 0 Å². The third-order valence-electron chi connectivity index (χ3n) is 2.36. The summed E-state index contributed by atoms with van der Waals surface area (Å²) in [6.07, 6.45) is 1.47. The molecular formula is C9H15NO2. The Morgan fingerprint density at radius 3 is 2.58 bits per heavy atom. The van der Waals surface area contributed by atoms with Gasteiger partial charge in [-0.25, -0.2) is 0 Å². The number of rotatable bonds is 3. The monoisotopic (exact) mass is 169 g/mol. The summed E-state index contributed by atoms with van der Waals surface area (Å²) in [7, 11) is 0. The van der Waals surface area contributed by atoms with Gasteiger partial charge in [0, 0.05) is 19.5 Å². The second kappa shape index (κ2) is 3.70. The van der Waals surface area contributed by atoms with E-state index in [1.165, 1.54) is 0 Å². The van der Waals surface area contributed by atoms with Gasteiger partial charge in [-0.3, -0.25) is 9.59 Å². The molecule has 1 saturated heterocycles. The standard InChI is InChI=1S/C9H15NO2/c1-3-7(2)6-10-5-4-8(11)9(10)12/h7H,3-6H2,1-2H3. The third-order valence-corrected chi connectivity index (χ3v) is 2.36. The highest BCUT2D eigenvalue weighted by Crippen LogP contribution is 2.10. The first-order valence-corrected chi connectivity index (χ1v) is 4.47. The second-order valence-corrected chi connectivity index (χ2v) is 3.44. The fourth-order valence-corrected chi connectivity index (χ4v) is 1.30. The number of amides is 1. The largest absolute Gasteiger partial charge is 0.335 e. The first-order chi connectivity index (χ1) is 5.65. The van der Waals surface area contributed by atoms with Gasteiger partial charge in [0.2, 0.25) is 5.78 Å². The van der Waals surface area contributed by atoms with Crippen molar-refractivity contribution < 1.29 is 9.59 Å². The smallest absolute Gasteiger partial charge is 0.290 e. The van der Waals surface area contributed by atoms with Gasteiger partial charge in [0.15, 0.2) is 0 Å². The minimum Gasteiger partial charge on any atom is -0.335 e. The Balaban J connectivity index is 2.44. The SMILES string of the molecule is CCC(C)CN1CCC(=O)C1=O. The van der Waals surface area contributed by atoms with Crippen LogP contribution in [-0.4, -0.2) is 29.7 Å². The predicted molar refractivity (Wildman–Crippen MR) is 45.7 cm³/mol. The van der Waals surface area contributed by atoms with E-state index in [2.05, 4.69) is 13.8 Å². The van der Waals surface area contributed by atoms with E-state index in [1.807, 2.05) is 0 Å². The molecule has 0 aromatic carbocycles. The van der Waals surface area contributed by atoms with Gasteiger partial charge in [0.1, 0.15) is 0 Å². The molecule has 1 aliphatic rings. The zero-order valence-electron chi connectivity index (χ0n) is 7.67. The van der Waals surface area contributed by atoms with Gasteiger partial charge in [-0.2, -0.15) is 0 Å². The maximum atomic E-state index is 11.1. The molecule has 1 fully saturated rings. The summed E-state index contributed by atoms with van der Waals surface area (Å²) in [4.78, 5) is 23.7. The lowest BCUT2D eigenvalue weighted by Crippen LogP contribution is -2.31. The summed E-state index contributed by atoms with van der Waals surface area (Å²) in [5.74, 6) is -0.00606. The first-order valence-electron chi connectivity index (χ1n) is 4.47. The highest BCUT2D eigenvalue weighted by atomic mass is 16.2. The number of carbonyl (C=O) groups is 2. The Morgan fingerprint density at radius 1 is 1.50 bits per heavy atom. The molecule has 3 heteroatoms. The van der Waals surface area contributed by atoms with E-state index in [1.54, 1.807) is 4.90 Å². The highest BCUT2D eigenvalue weighted by Gasteiger charge is 2.29. The number of hydrogen-bond donors (Lipinski definition) is 0. The molecule has 1 unspecified atom stereocenters. The lowest BCUT2D eigenvalue weighted by atomic mass is 10.1. The number of hydrogen-bond acceptors (Lipinski definition) is 2. The number of Topliss-reactive ketones (excluding diaryl/α,β-unsaturated/α-hetero) is 1. The van der Waals surface area contributed by atoms with Crippen molar-refractivity contribution in [2.75, 3.05) is 13.1 Å². The molecule has 0 aromatic heterocycles. The van der Waals surface area contributed by atoms with Crippen LogP contribution in [0.1, 0.15) is 26.7 Å². The normalized spacial score (nSPS) is 20.3. The maximum absolute atomic E-state index is 11.1. The molecule has 3 nitrogen and oxygen atoms in total. The number of carbonyl (C=O) groups excluding carboxylic acids is 2. The van der Waals surface area contributed by atoms with Crippen LogP contribution in [0.5, 0.6) is 0 Å². The zero-order chi connectivity index (χ0) is 9.14. The van der Waals surface area contributed by atoms with Crippen molar-refractivity contribution in [1.29, 1.82) is 0 Å². The lowest BCUT2D eigenvalue weighted by Gasteiger charge is -2.18. The minimum atomic E-state index is -0.282. The Hall–Kier alpha value is -0.860. The third kappa shape index (κ3) is 1.84. The molecule has 0 radical (unpaired) electrons. The van der Waals surface area contributed by atoms with Crippen LogP contribution < -0.4 is 0 Å². The topological polar surface area (TPSA) is 37.4 Å². The lowest BCUT2D eigenvalue weighted by molar-refractivity contribution is -0.140. The highest BCUT2D eigenvalue weighted by molar-refractivity contribution is 6.37. The summed E-state index contributed by atoms with van der Waals surface area (Å²) >= 11 is 0. The fourth-order valence-electron chi connectivity index (χ4n) is 1.30. The predicted octanol–water partition coefficient (Wildman–Crippen LogP) is 0.834. The van der Waals surface area contributed by atoms with Gasteiger partial charge in [0.25, 0.3) is 5.91 Å². The average molecular weight is 169 g/mol. The van der Waals surface area contributed by atoms with Gasteiger partial charge in [-0.1, -0.05) is 20.3 Å². The molecule has 0 saturated carbocycles. The molecule has 0 bridgehead atoms. The van der Waals surface area contributed by atoms with Crippen molar-refractivity contribution >= 4 is 11.7 Å². The van der Waals surface area contributed by atoms with Gasteiger partial charge in [0.05, 0.1) is 0 Å². The van der Waals surface area contributed by atoms with E-state index in [-0.39, 0.29) is 11.7 Å². The Labute approximate surface area is 72.7 Å². The number of nitrogens with zero attached hydrogens (tertiary/aromatic N) is 1. The molecule has 1 aliphatic heterocycles.